The number of hydrogen-bond acceptors (Lipinski definition) is 5. The van der Waals surface area contributed by atoms with Gasteiger partial charge in [-0.15, -0.1) is 0 Å². The Kier molecular flexibility index (Phi) is 6.30. The fourth-order valence-corrected chi connectivity index (χ4v) is 5.08. The van der Waals surface area contributed by atoms with Crippen molar-refractivity contribution in [2.75, 3.05) is 32.5 Å². The molecule has 5 rings (SSSR count). The summed E-state index contributed by atoms with van der Waals surface area (Å²) < 4.78 is 6.97. The van der Waals surface area contributed by atoms with Crippen LogP contribution in [0.3, 0.4) is 0 Å². The van der Waals surface area contributed by atoms with Crippen molar-refractivity contribution >= 4 is 45.1 Å². The number of rotatable bonds is 5. The summed E-state index contributed by atoms with van der Waals surface area (Å²) in [5.41, 5.74) is 3.33. The minimum absolute atomic E-state index is 0.144. The predicted molar refractivity (Wildman–Crippen MR) is 140 cm³/mol. The Morgan fingerprint density at radius 1 is 1.14 bits per heavy atom. The summed E-state index contributed by atoms with van der Waals surface area (Å²) >= 11 is 6.32. The van der Waals surface area contributed by atoms with Crippen molar-refractivity contribution in [3.63, 3.8) is 0 Å². The summed E-state index contributed by atoms with van der Waals surface area (Å²) in [7, 11) is 5.01. The molecular weight excluding hydrogens is 464 g/mol. The number of hydrogen-bond donors (Lipinski definition) is 1. The van der Waals surface area contributed by atoms with Gasteiger partial charge in [0.2, 0.25) is 0 Å². The minimum Gasteiger partial charge on any atom is -0.464 e. The summed E-state index contributed by atoms with van der Waals surface area (Å²) in [6.45, 7) is 2.71. The molecule has 0 bridgehead atoms. The first-order valence-electron chi connectivity index (χ1n) is 11.8. The number of benzene rings is 2. The molecule has 4 aromatic rings. The lowest BCUT2D eigenvalue weighted by atomic mass is 10.0. The van der Waals surface area contributed by atoms with Gasteiger partial charge in [0.1, 0.15) is 11.1 Å². The number of carbonyl (C=O) groups excluding carboxylic acids is 1. The summed E-state index contributed by atoms with van der Waals surface area (Å²) in [4.78, 5) is 30.2. The van der Waals surface area contributed by atoms with Crippen molar-refractivity contribution in [2.24, 2.45) is 7.05 Å². The number of pyridine rings is 1. The first-order valence-corrected chi connectivity index (χ1v) is 12.2. The Morgan fingerprint density at radius 2 is 1.91 bits per heavy atom. The third-order valence-electron chi connectivity index (χ3n) is 6.84. The number of aromatic nitrogens is 1. The van der Waals surface area contributed by atoms with Gasteiger partial charge in [-0.25, -0.2) is 0 Å². The van der Waals surface area contributed by atoms with Gasteiger partial charge < -0.3 is 19.2 Å². The number of nitrogens with zero attached hydrogens (tertiary/aromatic N) is 3. The van der Waals surface area contributed by atoms with Crippen LogP contribution in [0.2, 0.25) is 5.02 Å². The lowest BCUT2D eigenvalue weighted by Crippen LogP contribution is -2.40. The molecule has 0 aliphatic carbocycles. The molecule has 182 valence electrons. The predicted octanol–water partition coefficient (Wildman–Crippen LogP) is 4.72. The van der Waals surface area contributed by atoms with E-state index in [2.05, 4.69) is 22.3 Å². The van der Waals surface area contributed by atoms with Crippen LogP contribution in [0.4, 0.5) is 5.69 Å². The van der Waals surface area contributed by atoms with Gasteiger partial charge in [-0.05, 0) is 54.8 Å². The molecule has 1 aliphatic heterocycles. The van der Waals surface area contributed by atoms with Crippen molar-refractivity contribution in [3.05, 3.63) is 75.2 Å². The molecule has 0 saturated carbocycles. The second kappa shape index (κ2) is 9.40. The summed E-state index contributed by atoms with van der Waals surface area (Å²) in [5.74, 6) is -0.318. The fraction of sp³-hybridized carbons (Fsp3) is 0.333. The maximum Gasteiger partial charge on any atom is 0.265 e. The van der Waals surface area contributed by atoms with Crippen LogP contribution in [0.25, 0.3) is 21.9 Å². The van der Waals surface area contributed by atoms with Crippen LogP contribution in [0.15, 0.2) is 57.9 Å². The molecule has 0 unspecified atom stereocenters. The zero-order valence-electron chi connectivity index (χ0n) is 20.2. The monoisotopic (exact) mass is 492 g/mol. The molecule has 0 spiro atoms. The van der Waals surface area contributed by atoms with E-state index < -0.39 is 0 Å². The highest BCUT2D eigenvalue weighted by atomic mass is 35.5. The number of aryl methyl sites for hydroxylation is 1. The number of amides is 1. The second-order valence-electron chi connectivity index (χ2n) is 9.46. The Morgan fingerprint density at radius 3 is 2.66 bits per heavy atom. The molecule has 3 heterocycles. The van der Waals surface area contributed by atoms with E-state index in [4.69, 9.17) is 16.0 Å². The lowest BCUT2D eigenvalue weighted by Gasteiger charge is -2.33. The Balaban J connectivity index is 1.39. The Bertz CT molecular complexity index is 1460. The van der Waals surface area contributed by atoms with Crippen molar-refractivity contribution in [1.29, 1.82) is 0 Å². The zero-order valence-corrected chi connectivity index (χ0v) is 20.9. The largest absolute Gasteiger partial charge is 0.464 e. The molecule has 1 fully saturated rings. The zero-order chi connectivity index (χ0) is 24.7. The normalized spacial score (nSPS) is 15.1. The van der Waals surface area contributed by atoms with Crippen LogP contribution in [-0.2, 0) is 13.6 Å². The quantitative estimate of drug-likeness (QED) is 0.436. The van der Waals surface area contributed by atoms with Gasteiger partial charge in [0.15, 0.2) is 0 Å². The molecule has 2 aromatic carbocycles. The van der Waals surface area contributed by atoms with Crippen molar-refractivity contribution in [1.82, 2.24) is 14.4 Å². The summed E-state index contributed by atoms with van der Waals surface area (Å²) in [6, 6.07) is 13.9. The first kappa shape index (κ1) is 23.5. The molecule has 8 heteroatoms. The second-order valence-corrected chi connectivity index (χ2v) is 9.90. The van der Waals surface area contributed by atoms with Gasteiger partial charge in [0.05, 0.1) is 17.5 Å². The third-order valence-corrected chi connectivity index (χ3v) is 7.07. The highest BCUT2D eigenvalue weighted by Gasteiger charge is 2.26. The highest BCUT2D eigenvalue weighted by molar-refractivity contribution is 6.31. The maximum atomic E-state index is 13.2. The van der Waals surface area contributed by atoms with Crippen molar-refractivity contribution in [2.45, 2.75) is 25.4 Å². The average molecular weight is 493 g/mol. The number of likely N-dealkylation sites (tertiary alicyclic amines) is 1. The van der Waals surface area contributed by atoms with E-state index in [0.717, 1.165) is 54.3 Å². The molecule has 0 radical (unpaired) electrons. The van der Waals surface area contributed by atoms with E-state index in [-0.39, 0.29) is 23.1 Å². The molecule has 35 heavy (non-hydrogen) atoms. The van der Waals surface area contributed by atoms with E-state index in [1.807, 2.05) is 24.3 Å². The van der Waals surface area contributed by atoms with Crippen LogP contribution < -0.4 is 10.9 Å². The molecule has 0 atom stereocenters. The van der Waals surface area contributed by atoms with Crippen LogP contribution >= 0.6 is 11.6 Å². The van der Waals surface area contributed by atoms with Gasteiger partial charge in [-0.2, -0.15) is 0 Å². The van der Waals surface area contributed by atoms with Gasteiger partial charge in [0.25, 0.3) is 11.5 Å². The van der Waals surface area contributed by atoms with Crippen LogP contribution in [-0.4, -0.2) is 53.5 Å². The number of nitrogens with one attached hydrogen (secondary N) is 1. The maximum absolute atomic E-state index is 13.2. The van der Waals surface area contributed by atoms with E-state index >= 15 is 0 Å². The Labute approximate surface area is 208 Å². The van der Waals surface area contributed by atoms with Crippen LogP contribution in [0.1, 0.15) is 28.8 Å². The third kappa shape index (κ3) is 4.54. The number of piperidine rings is 1. The lowest BCUT2D eigenvalue weighted by molar-refractivity contribution is 0.0826. The topological polar surface area (TPSA) is 70.7 Å². The highest BCUT2D eigenvalue weighted by Crippen LogP contribution is 2.30. The fourth-order valence-electron chi connectivity index (χ4n) is 4.90. The number of fused-ring (bicyclic) bond motifs is 2. The van der Waals surface area contributed by atoms with Crippen LogP contribution in [0, 0.1) is 0 Å². The van der Waals surface area contributed by atoms with E-state index in [9.17, 15) is 9.59 Å². The minimum atomic E-state index is -0.318. The SMILES string of the molecule is CN(C)C(=O)c1c(NC2CCN(Cc3ccc4occc4c3)CC2)c2cc(Cl)ccc2n(C)c1=O. The van der Waals surface area contributed by atoms with Crippen LogP contribution in [0.5, 0.6) is 0 Å². The molecule has 1 amide bonds. The van der Waals surface area contributed by atoms with E-state index in [1.54, 1.807) is 33.5 Å². The molecule has 2 aromatic heterocycles. The smallest absolute Gasteiger partial charge is 0.265 e. The van der Waals surface area contributed by atoms with E-state index in [0.29, 0.717) is 10.7 Å². The first-order chi connectivity index (χ1) is 16.8. The van der Waals surface area contributed by atoms with E-state index in [1.165, 1.54) is 15.0 Å². The Hall–Kier alpha value is -3.29. The van der Waals surface area contributed by atoms with Gasteiger partial charge in [-0.1, -0.05) is 17.7 Å². The molecular formula is C27H29ClN4O3. The summed E-state index contributed by atoms with van der Waals surface area (Å²) in [6.07, 6.45) is 3.52. The molecule has 7 nitrogen and oxygen atoms in total. The number of carbonyl (C=O) groups is 1. The van der Waals surface area contributed by atoms with Gasteiger partial charge >= 0.3 is 0 Å². The molecule has 1 saturated heterocycles. The van der Waals surface area contributed by atoms with Gasteiger partial charge in [-0.3, -0.25) is 14.5 Å². The number of halogens is 1. The van der Waals surface area contributed by atoms with Crippen molar-refractivity contribution < 1.29 is 9.21 Å². The van der Waals surface area contributed by atoms with Crippen molar-refractivity contribution in [3.8, 4) is 0 Å². The molecule has 1 aliphatic rings. The number of anilines is 1. The van der Waals surface area contributed by atoms with Gasteiger partial charge in [0, 0.05) is 62.6 Å². The summed E-state index contributed by atoms with van der Waals surface area (Å²) in [5, 5.41) is 6.03. The average Bonchev–Trinajstić information content (AvgIpc) is 3.31. The standard InChI is InChI=1S/C27H29ClN4O3/c1-30(2)26(33)24-25(21-15-19(28)5-6-22(21)31(3)27(24)34)29-20-8-11-32(12-9-20)16-17-4-7-23-18(14-17)10-13-35-23/h4-7,10,13-15,20,29H,8-9,11-12,16H2,1-3H3. The number of furan rings is 1. The molecule has 1 N–H and O–H groups in total.